The molecule has 3 heterocycles. The van der Waals surface area contributed by atoms with Gasteiger partial charge in [0, 0.05) is 18.4 Å². The van der Waals surface area contributed by atoms with Gasteiger partial charge in [0.05, 0.1) is 18.1 Å². The lowest BCUT2D eigenvalue weighted by atomic mass is 10.1. The highest BCUT2D eigenvalue weighted by molar-refractivity contribution is 7.99. The Morgan fingerprint density at radius 1 is 1.24 bits per heavy atom. The summed E-state index contributed by atoms with van der Waals surface area (Å²) in [6, 6.07) is 2.28. The Balaban J connectivity index is 1.20. The molecule has 0 unspecified atom stereocenters. The summed E-state index contributed by atoms with van der Waals surface area (Å²) in [7, 11) is 0. The van der Waals surface area contributed by atoms with Crippen molar-refractivity contribution in [3.63, 3.8) is 0 Å². The Hall–Kier alpha value is -3.07. The molecule has 0 radical (unpaired) electrons. The number of aromatic nitrogens is 4. The molecule has 1 fully saturated rings. The van der Waals surface area contributed by atoms with Crippen molar-refractivity contribution in [3.05, 3.63) is 42.5 Å². The summed E-state index contributed by atoms with van der Waals surface area (Å²) in [5, 5.41) is 25.8. The minimum absolute atomic E-state index is 0.117. The van der Waals surface area contributed by atoms with Crippen molar-refractivity contribution in [2.24, 2.45) is 0 Å². The van der Waals surface area contributed by atoms with E-state index in [0.29, 0.717) is 41.7 Å². The Kier molecular flexibility index (Phi) is 7.41. The number of carbonyl (C=O) groups excluding carboxylic acids is 1. The fraction of sp³-hybridized carbons (Fsp3) is 0.400. The number of nitrogens with two attached hydrogens (primary N) is 1. The fourth-order valence-electron chi connectivity index (χ4n) is 3.49. The van der Waals surface area contributed by atoms with Gasteiger partial charge in [-0.2, -0.15) is 11.8 Å². The van der Waals surface area contributed by atoms with Crippen LogP contribution in [0.2, 0.25) is 0 Å². The smallest absolute Gasteiger partial charge is 0.319 e. The number of nitrogen functional groups attached to an aromatic ring is 1. The van der Waals surface area contributed by atoms with E-state index in [1.165, 1.54) is 29.0 Å². The molecule has 0 aliphatic carbocycles. The average Bonchev–Trinajstić information content (AvgIpc) is 3.35. The van der Waals surface area contributed by atoms with Crippen molar-refractivity contribution in [1.82, 2.24) is 24.8 Å². The molecule has 11 nitrogen and oxygen atoms in total. The highest BCUT2D eigenvalue weighted by Crippen LogP contribution is 2.33. The molecule has 14 heteroatoms. The molecule has 34 heavy (non-hydrogen) atoms. The number of nitrogens with zero attached hydrogens (tertiary/aromatic N) is 4. The van der Waals surface area contributed by atoms with Crippen molar-refractivity contribution in [3.8, 4) is 0 Å². The minimum atomic E-state index is -1.18. The Labute approximate surface area is 196 Å². The molecule has 2 amide bonds. The summed E-state index contributed by atoms with van der Waals surface area (Å²) in [5.74, 6) is -0.343. The van der Waals surface area contributed by atoms with Crippen LogP contribution in [0.5, 0.6) is 0 Å². The van der Waals surface area contributed by atoms with Crippen LogP contribution in [0.4, 0.5) is 25.1 Å². The summed E-state index contributed by atoms with van der Waals surface area (Å²) in [6.07, 6.45) is -0.482. The number of thioether (sulfide) groups is 1. The van der Waals surface area contributed by atoms with Crippen molar-refractivity contribution >= 4 is 40.5 Å². The molecule has 0 spiro atoms. The quantitative estimate of drug-likeness (QED) is 0.290. The van der Waals surface area contributed by atoms with Gasteiger partial charge >= 0.3 is 6.03 Å². The van der Waals surface area contributed by atoms with Crippen molar-refractivity contribution in [1.29, 1.82) is 0 Å². The van der Waals surface area contributed by atoms with E-state index in [4.69, 9.17) is 10.5 Å². The van der Waals surface area contributed by atoms with Gasteiger partial charge in [0.25, 0.3) is 0 Å². The Bertz CT molecular complexity index is 1170. The predicted molar refractivity (Wildman–Crippen MR) is 121 cm³/mol. The summed E-state index contributed by atoms with van der Waals surface area (Å²) >= 11 is 1.48. The summed E-state index contributed by atoms with van der Waals surface area (Å²) in [4.78, 5) is 24.0. The van der Waals surface area contributed by atoms with Crippen LogP contribution < -0.4 is 16.4 Å². The largest absolute Gasteiger partial charge is 0.387 e. The number of hydrogen-bond acceptors (Lipinski definition) is 9. The van der Waals surface area contributed by atoms with Gasteiger partial charge in [-0.15, -0.1) is 0 Å². The molecular formula is C20H23F2N7O4S. The van der Waals surface area contributed by atoms with Crippen LogP contribution in [-0.4, -0.2) is 72.1 Å². The number of fused-ring (bicyclic) bond motifs is 1. The van der Waals surface area contributed by atoms with E-state index in [1.54, 1.807) is 0 Å². The first-order chi connectivity index (χ1) is 16.3. The maximum Gasteiger partial charge on any atom is 0.319 e. The number of amides is 2. The second-order valence-corrected chi connectivity index (χ2v) is 8.71. The van der Waals surface area contributed by atoms with Gasteiger partial charge in [0.1, 0.15) is 35.7 Å². The molecule has 1 aromatic carbocycles. The zero-order chi connectivity index (χ0) is 24.2. The molecule has 182 valence electrons. The van der Waals surface area contributed by atoms with Gasteiger partial charge in [-0.1, -0.05) is 0 Å². The monoisotopic (exact) mass is 495 g/mol. The van der Waals surface area contributed by atoms with Crippen LogP contribution in [0.25, 0.3) is 11.2 Å². The number of anilines is 2. The van der Waals surface area contributed by atoms with Gasteiger partial charge in [0.15, 0.2) is 17.7 Å². The van der Waals surface area contributed by atoms with Gasteiger partial charge < -0.3 is 31.3 Å². The zero-order valence-corrected chi connectivity index (χ0v) is 18.6. The van der Waals surface area contributed by atoms with Gasteiger partial charge in [-0.05, 0) is 24.3 Å². The minimum Gasteiger partial charge on any atom is -0.387 e. The summed E-state index contributed by atoms with van der Waals surface area (Å²) in [6.45, 7) is 0.323. The average molecular weight is 496 g/mol. The summed E-state index contributed by atoms with van der Waals surface area (Å²) < 4.78 is 33.9. The second kappa shape index (κ2) is 10.5. The van der Waals surface area contributed by atoms with Crippen LogP contribution in [0.3, 0.4) is 0 Å². The predicted octanol–water partition coefficient (Wildman–Crippen LogP) is 1.25. The van der Waals surface area contributed by atoms with Gasteiger partial charge in [0.2, 0.25) is 0 Å². The van der Waals surface area contributed by atoms with Crippen LogP contribution in [0.1, 0.15) is 12.6 Å². The third kappa shape index (κ3) is 5.19. The standard InChI is InChI=1S/C20H23F2N7O4S/c21-10-2-3-12(11(22)6-10)28-20(32)24-4-1-5-34-7-13-15(30)16(31)19(33-13)29-9-27-14-17(23)25-8-26-18(14)29/h2-3,6,8-9,13,15-16,19,30-31H,1,4-5,7H2,(H2,23,25,26)(H2,24,28,32)/t13-,15-,16-,19-/m1/s1. The number of hydrogen-bond donors (Lipinski definition) is 5. The first-order valence-corrected chi connectivity index (χ1v) is 11.5. The molecule has 1 aliphatic rings. The number of imidazole rings is 1. The number of benzene rings is 1. The van der Waals surface area contributed by atoms with Crippen LogP contribution in [-0.2, 0) is 4.74 Å². The molecule has 0 bridgehead atoms. The molecular weight excluding hydrogens is 472 g/mol. The van der Waals surface area contributed by atoms with E-state index in [1.807, 2.05) is 0 Å². The number of halogens is 2. The molecule has 2 aromatic heterocycles. The van der Waals surface area contributed by atoms with Crippen LogP contribution in [0.15, 0.2) is 30.9 Å². The molecule has 1 aliphatic heterocycles. The molecule has 0 saturated carbocycles. The van der Waals surface area contributed by atoms with Crippen molar-refractivity contribution in [2.45, 2.75) is 31.0 Å². The van der Waals surface area contributed by atoms with Crippen LogP contribution in [0, 0.1) is 11.6 Å². The van der Waals surface area contributed by atoms with E-state index in [-0.39, 0.29) is 11.5 Å². The summed E-state index contributed by atoms with van der Waals surface area (Å²) in [5.41, 5.74) is 6.44. The van der Waals surface area contributed by atoms with E-state index in [0.717, 1.165) is 12.1 Å². The molecule has 1 saturated heterocycles. The third-order valence-electron chi connectivity index (χ3n) is 5.21. The lowest BCUT2D eigenvalue weighted by Crippen LogP contribution is -2.32. The normalized spacial score (nSPS) is 22.2. The number of aliphatic hydroxyl groups is 2. The van der Waals surface area contributed by atoms with Crippen molar-refractivity contribution in [2.75, 3.05) is 29.1 Å². The van der Waals surface area contributed by atoms with Crippen LogP contribution >= 0.6 is 11.8 Å². The van der Waals surface area contributed by atoms with Gasteiger partial charge in [-0.25, -0.2) is 28.5 Å². The van der Waals surface area contributed by atoms with E-state index in [2.05, 4.69) is 25.6 Å². The molecule has 3 aromatic rings. The topological polar surface area (TPSA) is 160 Å². The number of rotatable bonds is 8. The maximum absolute atomic E-state index is 13.6. The lowest BCUT2D eigenvalue weighted by molar-refractivity contribution is -0.0289. The van der Waals surface area contributed by atoms with E-state index in [9.17, 15) is 23.8 Å². The SMILES string of the molecule is Nc1ncnc2c1ncn2[C@@H]1O[C@H](CSCCCNC(=O)Nc2ccc(F)cc2F)[C@@H](O)[C@H]1O. The number of carbonyl (C=O) groups is 1. The number of nitrogens with one attached hydrogen (secondary N) is 2. The first-order valence-electron chi connectivity index (χ1n) is 10.4. The highest BCUT2D eigenvalue weighted by atomic mass is 32.2. The fourth-order valence-corrected chi connectivity index (χ4v) is 4.51. The highest BCUT2D eigenvalue weighted by Gasteiger charge is 2.44. The lowest BCUT2D eigenvalue weighted by Gasteiger charge is -2.16. The number of ether oxygens (including phenoxy) is 1. The number of aliphatic hydroxyl groups excluding tert-OH is 2. The second-order valence-electron chi connectivity index (χ2n) is 7.56. The number of urea groups is 1. The Morgan fingerprint density at radius 2 is 2.06 bits per heavy atom. The maximum atomic E-state index is 13.6. The first kappa shape index (κ1) is 24.1. The van der Waals surface area contributed by atoms with E-state index < -0.39 is 42.2 Å². The molecule has 4 rings (SSSR count). The zero-order valence-electron chi connectivity index (χ0n) is 17.8. The van der Waals surface area contributed by atoms with E-state index >= 15 is 0 Å². The molecule has 4 atom stereocenters. The van der Waals surface area contributed by atoms with Crippen molar-refractivity contribution < 1.29 is 28.5 Å². The Morgan fingerprint density at radius 3 is 2.85 bits per heavy atom. The molecule has 6 N–H and O–H groups in total. The van der Waals surface area contributed by atoms with Gasteiger partial charge in [-0.3, -0.25) is 4.57 Å². The third-order valence-corrected chi connectivity index (χ3v) is 6.35.